The lowest BCUT2D eigenvalue weighted by molar-refractivity contribution is -0.181. The number of ketones is 1. The first kappa shape index (κ1) is 19.8. The van der Waals surface area contributed by atoms with Gasteiger partial charge in [0.15, 0.2) is 0 Å². The van der Waals surface area contributed by atoms with Gasteiger partial charge < -0.3 is 19.2 Å². The van der Waals surface area contributed by atoms with Gasteiger partial charge in [0, 0.05) is 11.2 Å². The Morgan fingerprint density at radius 1 is 1.20 bits per heavy atom. The van der Waals surface area contributed by atoms with Gasteiger partial charge in [-0.3, -0.25) is 9.59 Å². The van der Waals surface area contributed by atoms with Gasteiger partial charge in [-0.05, 0) is 41.5 Å². The van der Waals surface area contributed by atoms with Crippen LogP contribution in [0, 0.1) is 11.3 Å². The molecule has 0 aromatic carbocycles. The molecular weight excluding hydrogens is 346 g/mol. The minimum absolute atomic E-state index is 0.0449. The molecular formula is C17H25NO6S. The third kappa shape index (κ3) is 3.83. The molecule has 0 bridgehead atoms. The van der Waals surface area contributed by atoms with Crippen molar-refractivity contribution in [2.75, 3.05) is 6.79 Å². The third-order valence-electron chi connectivity index (χ3n) is 4.29. The predicted molar refractivity (Wildman–Crippen MR) is 91.4 cm³/mol. The maximum Gasteiger partial charge on any atom is 0.333 e. The molecule has 1 amide bonds. The fourth-order valence-corrected chi connectivity index (χ4v) is 4.68. The van der Waals surface area contributed by atoms with Crippen LogP contribution in [0.3, 0.4) is 0 Å². The number of carbonyl (C=O) groups excluding carboxylic acids is 4. The molecule has 0 aromatic rings. The Labute approximate surface area is 151 Å². The predicted octanol–water partition coefficient (Wildman–Crippen LogP) is 1.73. The lowest BCUT2D eigenvalue weighted by Crippen LogP contribution is -2.63. The summed E-state index contributed by atoms with van der Waals surface area (Å²) in [7, 11) is 0. The molecule has 140 valence electrons. The lowest BCUT2D eigenvalue weighted by Gasteiger charge is -2.43. The van der Waals surface area contributed by atoms with Gasteiger partial charge in [0.05, 0.1) is 16.7 Å². The van der Waals surface area contributed by atoms with Crippen LogP contribution >= 0.6 is 11.8 Å². The van der Waals surface area contributed by atoms with E-state index in [4.69, 9.17) is 9.47 Å². The average molecular weight is 371 g/mol. The summed E-state index contributed by atoms with van der Waals surface area (Å²) in [5.41, 5.74) is -0.687. The summed E-state index contributed by atoms with van der Waals surface area (Å²) in [5, 5.41) is -0.193. The highest BCUT2D eigenvalue weighted by Crippen LogP contribution is 2.54. The molecule has 7 nitrogen and oxygen atoms in total. The van der Waals surface area contributed by atoms with Crippen molar-refractivity contribution in [3.8, 4) is 0 Å². The first-order valence-corrected chi connectivity index (χ1v) is 9.07. The molecule has 2 fully saturated rings. The van der Waals surface area contributed by atoms with Crippen LogP contribution in [-0.2, 0) is 28.7 Å². The van der Waals surface area contributed by atoms with Gasteiger partial charge in [-0.2, -0.15) is 0 Å². The third-order valence-corrected chi connectivity index (χ3v) is 5.91. The molecule has 0 aromatic heterocycles. The van der Waals surface area contributed by atoms with E-state index < -0.39 is 34.9 Å². The number of fused-ring (bicyclic) bond motifs is 1. The van der Waals surface area contributed by atoms with E-state index in [-0.39, 0.29) is 29.4 Å². The standard InChI is InChI=1S/C17H25NO6S/c1-9(19)7-10-12(20)18-11(17(5,6)25-13(10)18)14(21)23-8-24-15(22)16(2,3)4/h10-11,13H,7-8H2,1-6H3/t10-,11+,13-/m1/s1. The maximum absolute atomic E-state index is 12.5. The van der Waals surface area contributed by atoms with Crippen molar-refractivity contribution in [3.63, 3.8) is 0 Å². The van der Waals surface area contributed by atoms with E-state index >= 15 is 0 Å². The molecule has 2 aliphatic rings. The smallest absolute Gasteiger partial charge is 0.333 e. The second-order valence-corrected chi connectivity index (χ2v) is 9.81. The Balaban J connectivity index is 1.99. The number of amides is 1. The molecule has 3 atom stereocenters. The fraction of sp³-hybridized carbons (Fsp3) is 0.765. The van der Waals surface area contributed by atoms with Crippen molar-refractivity contribution in [3.05, 3.63) is 0 Å². The Morgan fingerprint density at radius 3 is 2.32 bits per heavy atom. The van der Waals surface area contributed by atoms with Crippen LogP contribution in [0.4, 0.5) is 0 Å². The van der Waals surface area contributed by atoms with Crippen molar-refractivity contribution in [2.45, 2.75) is 64.1 Å². The Kier molecular flexibility index (Phi) is 5.23. The summed E-state index contributed by atoms with van der Waals surface area (Å²) in [4.78, 5) is 49.4. The fourth-order valence-electron chi connectivity index (χ4n) is 3.01. The molecule has 0 saturated carbocycles. The van der Waals surface area contributed by atoms with Gasteiger partial charge >= 0.3 is 11.9 Å². The number of Topliss-reactive ketones (excluding diaryl/α,β-unsaturated/α-hetero) is 1. The van der Waals surface area contributed by atoms with Gasteiger partial charge in [-0.15, -0.1) is 11.8 Å². The van der Waals surface area contributed by atoms with E-state index in [2.05, 4.69) is 0 Å². The highest BCUT2D eigenvalue weighted by molar-refractivity contribution is 8.01. The van der Waals surface area contributed by atoms with E-state index in [1.807, 2.05) is 13.8 Å². The van der Waals surface area contributed by atoms with Gasteiger partial charge in [-0.1, -0.05) is 0 Å². The summed E-state index contributed by atoms with van der Waals surface area (Å²) in [6.45, 7) is 9.80. The molecule has 0 N–H and O–H groups in total. The monoisotopic (exact) mass is 371 g/mol. The minimum atomic E-state index is -0.758. The zero-order chi connectivity index (χ0) is 19.2. The molecule has 8 heteroatoms. The zero-order valence-electron chi connectivity index (χ0n) is 15.5. The number of esters is 2. The molecule has 0 unspecified atom stereocenters. The van der Waals surface area contributed by atoms with Crippen molar-refractivity contribution in [1.29, 1.82) is 0 Å². The summed E-state index contributed by atoms with van der Waals surface area (Å²) in [5.74, 6) is -1.70. The number of ether oxygens (including phenoxy) is 2. The molecule has 0 aliphatic carbocycles. The molecule has 2 rings (SSSR count). The largest absolute Gasteiger partial charge is 0.427 e. The number of hydrogen-bond acceptors (Lipinski definition) is 7. The second-order valence-electron chi connectivity index (χ2n) is 8.04. The molecule has 2 heterocycles. The van der Waals surface area contributed by atoms with Crippen molar-refractivity contribution < 1.29 is 28.7 Å². The second kappa shape index (κ2) is 6.63. The number of hydrogen-bond donors (Lipinski definition) is 0. The number of rotatable bonds is 5. The first-order valence-electron chi connectivity index (χ1n) is 8.19. The summed E-state index contributed by atoms with van der Waals surface area (Å²) < 4.78 is 9.49. The van der Waals surface area contributed by atoms with Crippen molar-refractivity contribution in [1.82, 2.24) is 4.90 Å². The van der Waals surface area contributed by atoms with Crippen LogP contribution < -0.4 is 0 Å². The van der Waals surface area contributed by atoms with Crippen LogP contribution in [0.1, 0.15) is 48.0 Å². The van der Waals surface area contributed by atoms with Crippen LogP contribution in [0.5, 0.6) is 0 Å². The van der Waals surface area contributed by atoms with E-state index in [1.165, 1.54) is 23.6 Å². The lowest BCUT2D eigenvalue weighted by atomic mass is 9.88. The van der Waals surface area contributed by atoms with Gasteiger partial charge in [0.25, 0.3) is 0 Å². The van der Waals surface area contributed by atoms with E-state index in [0.717, 1.165) is 0 Å². The summed E-state index contributed by atoms with van der Waals surface area (Å²) in [6, 6.07) is -0.758. The van der Waals surface area contributed by atoms with Gasteiger partial charge in [0.1, 0.15) is 11.8 Å². The Hall–Kier alpha value is -1.57. The normalized spacial score (nSPS) is 27.4. The van der Waals surface area contributed by atoms with E-state index in [9.17, 15) is 19.2 Å². The van der Waals surface area contributed by atoms with E-state index in [1.54, 1.807) is 20.8 Å². The molecule has 2 aliphatic heterocycles. The van der Waals surface area contributed by atoms with Crippen molar-refractivity contribution in [2.24, 2.45) is 11.3 Å². The topological polar surface area (TPSA) is 90.0 Å². The van der Waals surface area contributed by atoms with Crippen molar-refractivity contribution >= 4 is 35.4 Å². The maximum atomic E-state index is 12.5. The van der Waals surface area contributed by atoms with E-state index in [0.29, 0.717) is 0 Å². The summed E-state index contributed by atoms with van der Waals surface area (Å²) >= 11 is 1.50. The van der Waals surface area contributed by atoms with Crippen LogP contribution in [0.15, 0.2) is 0 Å². The average Bonchev–Trinajstić information content (AvgIpc) is 2.72. The highest BCUT2D eigenvalue weighted by atomic mass is 32.2. The van der Waals surface area contributed by atoms with Crippen LogP contribution in [0.25, 0.3) is 0 Å². The number of β-lactam (4-membered cyclic amide) rings is 1. The quantitative estimate of drug-likeness (QED) is 0.413. The molecule has 0 spiro atoms. The Morgan fingerprint density at radius 2 is 1.80 bits per heavy atom. The molecule has 25 heavy (non-hydrogen) atoms. The van der Waals surface area contributed by atoms with Crippen LogP contribution in [-0.4, -0.2) is 51.5 Å². The SMILES string of the molecule is CC(=O)C[C@@H]1C(=O)N2[C@@H]1SC(C)(C)[C@@H]2C(=O)OCOC(=O)C(C)(C)C. The Bertz CT molecular complexity index is 609. The highest BCUT2D eigenvalue weighted by Gasteiger charge is 2.63. The number of thioether (sulfide) groups is 1. The first-order chi connectivity index (χ1) is 11.4. The van der Waals surface area contributed by atoms with Gasteiger partial charge in [0.2, 0.25) is 12.7 Å². The van der Waals surface area contributed by atoms with Crippen LogP contribution in [0.2, 0.25) is 0 Å². The minimum Gasteiger partial charge on any atom is -0.427 e. The number of carbonyl (C=O) groups is 4. The zero-order valence-corrected chi connectivity index (χ0v) is 16.3. The van der Waals surface area contributed by atoms with Gasteiger partial charge in [-0.25, -0.2) is 4.79 Å². The molecule has 0 radical (unpaired) electrons. The number of nitrogens with zero attached hydrogens (tertiary/aromatic N) is 1. The molecule has 2 saturated heterocycles. The summed E-state index contributed by atoms with van der Waals surface area (Å²) in [6.07, 6.45) is 0.189.